The van der Waals surface area contributed by atoms with Crippen LogP contribution >= 0.6 is 34.8 Å². The van der Waals surface area contributed by atoms with Gasteiger partial charge in [0.25, 0.3) is 5.91 Å². The molecule has 0 aromatic heterocycles. The molecule has 0 saturated carbocycles. The quantitative estimate of drug-likeness (QED) is 0.697. The highest BCUT2D eigenvalue weighted by Gasteiger charge is 2.11. The van der Waals surface area contributed by atoms with Crippen LogP contribution in [-0.4, -0.2) is 26.7 Å². The summed E-state index contributed by atoms with van der Waals surface area (Å²) in [5, 5.41) is 3.62. The molecule has 0 aliphatic carbocycles. The third kappa shape index (κ3) is 5.33. The van der Waals surface area contributed by atoms with E-state index in [9.17, 15) is 4.79 Å². The lowest BCUT2D eigenvalue weighted by Gasteiger charge is -2.12. The van der Waals surface area contributed by atoms with Crippen molar-refractivity contribution in [2.45, 2.75) is 6.54 Å². The van der Waals surface area contributed by atoms with Gasteiger partial charge in [-0.1, -0.05) is 34.8 Å². The number of carbonyl (C=O) groups excluding carboxylic acids is 1. The average Bonchev–Trinajstić information content (AvgIpc) is 2.61. The maximum atomic E-state index is 12.0. The van der Waals surface area contributed by atoms with E-state index in [4.69, 9.17) is 49.0 Å². The van der Waals surface area contributed by atoms with Gasteiger partial charge in [-0.05, 0) is 24.3 Å². The molecule has 0 atom stereocenters. The Balaban J connectivity index is 1.94. The van der Waals surface area contributed by atoms with Crippen molar-refractivity contribution in [3.63, 3.8) is 0 Å². The SMILES string of the molecule is COc1ccc(OC)c(CNC(=O)COc2cc(Cl)c(Cl)cc2Cl)c1. The van der Waals surface area contributed by atoms with Gasteiger partial charge in [-0.2, -0.15) is 0 Å². The molecule has 0 bridgehead atoms. The summed E-state index contributed by atoms with van der Waals surface area (Å²) in [5.74, 6) is 1.27. The molecule has 2 rings (SSSR count). The Kier molecular flexibility index (Phi) is 7.05. The Bertz CT molecular complexity index is 768. The molecule has 0 fully saturated rings. The lowest BCUT2D eigenvalue weighted by atomic mass is 10.2. The highest BCUT2D eigenvalue weighted by molar-refractivity contribution is 6.43. The molecule has 5 nitrogen and oxygen atoms in total. The van der Waals surface area contributed by atoms with Gasteiger partial charge < -0.3 is 19.5 Å². The first-order valence-electron chi connectivity index (χ1n) is 7.19. The molecular weight excluding hydrogens is 389 g/mol. The van der Waals surface area contributed by atoms with Crippen molar-refractivity contribution in [3.8, 4) is 17.2 Å². The number of hydrogen-bond acceptors (Lipinski definition) is 4. The van der Waals surface area contributed by atoms with Gasteiger partial charge >= 0.3 is 0 Å². The summed E-state index contributed by atoms with van der Waals surface area (Å²) in [6.07, 6.45) is 0. The van der Waals surface area contributed by atoms with Crippen molar-refractivity contribution in [2.75, 3.05) is 20.8 Å². The molecule has 0 saturated heterocycles. The van der Waals surface area contributed by atoms with E-state index in [0.29, 0.717) is 21.5 Å². The molecule has 0 radical (unpaired) electrons. The van der Waals surface area contributed by atoms with Crippen LogP contribution in [0.25, 0.3) is 0 Å². The molecule has 1 N–H and O–H groups in total. The van der Waals surface area contributed by atoms with Crippen molar-refractivity contribution >= 4 is 40.7 Å². The van der Waals surface area contributed by atoms with E-state index < -0.39 is 0 Å². The van der Waals surface area contributed by atoms with Crippen LogP contribution in [0.15, 0.2) is 30.3 Å². The van der Waals surface area contributed by atoms with E-state index in [-0.39, 0.29) is 29.8 Å². The van der Waals surface area contributed by atoms with E-state index in [1.165, 1.54) is 12.1 Å². The minimum Gasteiger partial charge on any atom is -0.497 e. The monoisotopic (exact) mass is 403 g/mol. The zero-order chi connectivity index (χ0) is 18.4. The first-order valence-corrected chi connectivity index (χ1v) is 8.33. The van der Waals surface area contributed by atoms with Crippen LogP contribution < -0.4 is 19.5 Å². The predicted octanol–water partition coefficient (Wildman–Crippen LogP) is 4.36. The van der Waals surface area contributed by atoms with E-state index in [1.54, 1.807) is 32.4 Å². The highest BCUT2D eigenvalue weighted by atomic mass is 35.5. The molecule has 134 valence electrons. The van der Waals surface area contributed by atoms with Gasteiger partial charge in [0.15, 0.2) is 6.61 Å². The molecule has 0 heterocycles. The molecule has 0 aliphatic heterocycles. The van der Waals surface area contributed by atoms with E-state index in [0.717, 1.165) is 5.56 Å². The summed E-state index contributed by atoms with van der Waals surface area (Å²) in [6, 6.07) is 8.26. The largest absolute Gasteiger partial charge is 0.497 e. The smallest absolute Gasteiger partial charge is 0.258 e. The standard InChI is InChI=1S/C17H16Cl3NO4/c1-23-11-3-4-15(24-2)10(5-11)8-21-17(22)9-25-16-7-13(19)12(18)6-14(16)20/h3-7H,8-9H2,1-2H3,(H,21,22). The predicted molar refractivity (Wildman–Crippen MR) is 98.4 cm³/mol. The first-order chi connectivity index (χ1) is 11.9. The fourth-order valence-electron chi connectivity index (χ4n) is 2.02. The summed E-state index contributed by atoms with van der Waals surface area (Å²) in [5.41, 5.74) is 0.780. The Morgan fingerprint density at radius 1 is 0.960 bits per heavy atom. The van der Waals surface area contributed by atoms with Gasteiger partial charge in [0.1, 0.15) is 17.2 Å². The fourth-order valence-corrected chi connectivity index (χ4v) is 2.61. The number of halogens is 3. The second kappa shape index (κ2) is 9.04. The molecule has 25 heavy (non-hydrogen) atoms. The molecule has 2 aromatic carbocycles. The number of rotatable bonds is 7. The van der Waals surface area contributed by atoms with E-state index >= 15 is 0 Å². The zero-order valence-corrected chi connectivity index (χ0v) is 15.8. The van der Waals surface area contributed by atoms with Gasteiger partial charge in [0.2, 0.25) is 0 Å². The molecule has 0 unspecified atom stereocenters. The molecule has 0 spiro atoms. The van der Waals surface area contributed by atoms with Crippen molar-refractivity contribution in [1.82, 2.24) is 5.32 Å². The van der Waals surface area contributed by atoms with E-state index in [1.807, 2.05) is 0 Å². The third-order valence-corrected chi connectivity index (χ3v) is 4.31. The van der Waals surface area contributed by atoms with Crippen LogP contribution in [0.5, 0.6) is 17.2 Å². The minimum atomic E-state index is -0.327. The summed E-state index contributed by atoms with van der Waals surface area (Å²) in [6.45, 7) is 0.0433. The first kappa shape index (κ1) is 19.5. The Hall–Kier alpha value is -1.82. The number of amides is 1. The summed E-state index contributed by atoms with van der Waals surface area (Å²) in [7, 11) is 3.13. The third-order valence-electron chi connectivity index (χ3n) is 3.30. The zero-order valence-electron chi connectivity index (χ0n) is 13.6. The molecule has 0 aliphatic rings. The van der Waals surface area contributed by atoms with Crippen LogP contribution in [0.3, 0.4) is 0 Å². The van der Waals surface area contributed by atoms with Crippen LogP contribution in [0.4, 0.5) is 0 Å². The summed E-state index contributed by atoms with van der Waals surface area (Å²) in [4.78, 5) is 12.0. The van der Waals surface area contributed by atoms with Crippen LogP contribution in [0, 0.1) is 0 Å². The number of nitrogens with one attached hydrogen (secondary N) is 1. The Labute approximate surface area is 160 Å². The van der Waals surface area contributed by atoms with Crippen LogP contribution in [0.1, 0.15) is 5.56 Å². The topological polar surface area (TPSA) is 56.8 Å². The number of benzene rings is 2. The molecule has 8 heteroatoms. The van der Waals surface area contributed by atoms with Gasteiger partial charge in [-0.15, -0.1) is 0 Å². The van der Waals surface area contributed by atoms with Gasteiger partial charge in [-0.25, -0.2) is 0 Å². The number of hydrogen-bond donors (Lipinski definition) is 1. The maximum Gasteiger partial charge on any atom is 0.258 e. The molecule has 2 aromatic rings. The van der Waals surface area contributed by atoms with Gasteiger partial charge in [0.05, 0.1) is 29.3 Å². The van der Waals surface area contributed by atoms with Crippen molar-refractivity contribution in [3.05, 3.63) is 51.0 Å². The number of carbonyl (C=O) groups is 1. The van der Waals surface area contributed by atoms with Gasteiger partial charge in [0, 0.05) is 18.2 Å². The fraction of sp³-hybridized carbons (Fsp3) is 0.235. The van der Waals surface area contributed by atoms with Crippen molar-refractivity contribution in [1.29, 1.82) is 0 Å². The minimum absolute atomic E-state index is 0.218. The van der Waals surface area contributed by atoms with Crippen molar-refractivity contribution < 1.29 is 19.0 Å². The Morgan fingerprint density at radius 2 is 1.68 bits per heavy atom. The summed E-state index contributed by atoms with van der Waals surface area (Å²) < 4.78 is 15.8. The molecule has 1 amide bonds. The normalized spacial score (nSPS) is 10.3. The van der Waals surface area contributed by atoms with Crippen molar-refractivity contribution in [2.24, 2.45) is 0 Å². The average molecular weight is 405 g/mol. The van der Waals surface area contributed by atoms with Crippen LogP contribution in [-0.2, 0) is 11.3 Å². The second-order valence-corrected chi connectivity index (χ2v) is 6.16. The highest BCUT2D eigenvalue weighted by Crippen LogP contribution is 2.33. The lowest BCUT2D eigenvalue weighted by molar-refractivity contribution is -0.123. The Morgan fingerprint density at radius 3 is 2.36 bits per heavy atom. The number of methoxy groups -OCH3 is 2. The summed E-state index contributed by atoms with van der Waals surface area (Å²) >= 11 is 17.8. The number of ether oxygens (including phenoxy) is 3. The van der Waals surface area contributed by atoms with Crippen LogP contribution in [0.2, 0.25) is 15.1 Å². The maximum absolute atomic E-state index is 12.0. The van der Waals surface area contributed by atoms with Gasteiger partial charge in [-0.3, -0.25) is 4.79 Å². The second-order valence-electron chi connectivity index (χ2n) is 4.94. The van der Waals surface area contributed by atoms with E-state index in [2.05, 4.69) is 5.32 Å². The lowest BCUT2D eigenvalue weighted by Crippen LogP contribution is -2.28. The molecular formula is C17H16Cl3NO4.